The molecule has 0 aliphatic carbocycles. The van der Waals surface area contributed by atoms with Gasteiger partial charge >= 0.3 is 0 Å². The fourth-order valence-electron chi connectivity index (χ4n) is 3.35. The lowest BCUT2D eigenvalue weighted by Crippen LogP contribution is -2.25. The number of ketones is 1. The van der Waals surface area contributed by atoms with Crippen LogP contribution in [-0.2, 0) is 9.53 Å². The van der Waals surface area contributed by atoms with E-state index < -0.39 is 0 Å². The average Bonchev–Trinajstić information content (AvgIpc) is 2.88. The number of hydrogen-bond donors (Lipinski definition) is 1. The average molecular weight is 610 g/mol. The Bertz CT molecular complexity index is 1090. The first kappa shape index (κ1) is 27.0. The van der Waals surface area contributed by atoms with Crippen LogP contribution in [0.1, 0.15) is 30.4 Å². The van der Waals surface area contributed by atoms with Gasteiger partial charge < -0.3 is 28.6 Å². The topological polar surface area (TPSA) is 83.5 Å². The molecule has 2 aromatic rings. The van der Waals surface area contributed by atoms with E-state index in [-0.39, 0.29) is 24.3 Å². The van der Waals surface area contributed by atoms with E-state index in [0.29, 0.717) is 29.6 Å². The Morgan fingerprint density at radius 1 is 1.00 bits per heavy atom. The second-order valence-electron chi connectivity index (χ2n) is 7.55. The third-order valence-corrected chi connectivity index (χ3v) is 6.05. The molecule has 1 fully saturated rings. The number of ether oxygens (including phenoxy) is 4. The highest BCUT2D eigenvalue weighted by molar-refractivity contribution is 14.2. The van der Waals surface area contributed by atoms with Crippen LogP contribution >= 0.6 is 28.5 Å². The van der Waals surface area contributed by atoms with E-state index in [4.69, 9.17) is 23.5 Å². The van der Waals surface area contributed by atoms with Crippen LogP contribution in [0.3, 0.4) is 0 Å². The van der Waals surface area contributed by atoms with Gasteiger partial charge in [-0.3, -0.25) is 4.79 Å². The van der Waals surface area contributed by atoms with Crippen LogP contribution in [0.5, 0.6) is 23.0 Å². The Kier molecular flexibility index (Phi) is 10.9. The Balaban J connectivity index is 1.61. The zero-order chi connectivity index (χ0) is 25.0. The minimum atomic E-state index is -0.355. The summed E-state index contributed by atoms with van der Waals surface area (Å²) < 4.78 is 27.8. The van der Waals surface area contributed by atoms with Gasteiger partial charge in [-0.2, -0.15) is 0 Å². The lowest BCUT2D eigenvalue weighted by Gasteiger charge is -2.24. The summed E-state index contributed by atoms with van der Waals surface area (Å²) >= 11 is 2.14. The molecule has 35 heavy (non-hydrogen) atoms. The molecule has 0 amide bonds. The number of carbonyl (C=O) groups excluding carboxylic acids is 1. The second kappa shape index (κ2) is 14.1. The van der Waals surface area contributed by atoms with Gasteiger partial charge in [0.1, 0.15) is 12.2 Å². The van der Waals surface area contributed by atoms with Crippen LogP contribution in [0.25, 0.3) is 12.2 Å². The fraction of sp³-hybridized carbons (Fsp3) is 0.269. The van der Waals surface area contributed by atoms with E-state index in [1.54, 1.807) is 50.6 Å². The Morgan fingerprint density at radius 3 is 2.29 bits per heavy atom. The summed E-state index contributed by atoms with van der Waals surface area (Å²) in [6, 6.07) is 10.8. The number of benzene rings is 2. The van der Waals surface area contributed by atoms with E-state index in [1.807, 2.05) is 12.1 Å². The molecule has 1 N–H and O–H groups in total. The van der Waals surface area contributed by atoms with E-state index in [0.717, 1.165) is 36.5 Å². The summed E-state index contributed by atoms with van der Waals surface area (Å²) in [6.45, 7) is 0.968. The molecule has 1 aliphatic rings. The van der Waals surface area contributed by atoms with E-state index >= 15 is 0 Å². The van der Waals surface area contributed by atoms with Gasteiger partial charge in [0.25, 0.3) is 0 Å². The molecule has 7 nitrogen and oxygen atoms in total. The lowest BCUT2D eigenvalue weighted by molar-refractivity contribution is -0.110. The van der Waals surface area contributed by atoms with Crippen LogP contribution in [-0.4, -0.2) is 38.0 Å². The van der Waals surface area contributed by atoms with Crippen LogP contribution < -0.4 is 18.7 Å². The highest BCUT2D eigenvalue weighted by Crippen LogP contribution is 2.35. The maximum Gasteiger partial charge on any atom is 0.200 e. The smallest absolute Gasteiger partial charge is 0.200 e. The quantitative estimate of drug-likeness (QED) is 0.100. The maximum absolute atomic E-state index is 12.3. The molecular weight excluding hydrogens is 582 g/mol. The number of halogens is 1. The largest absolute Gasteiger partial charge is 0.508 e. The second-order valence-corrected chi connectivity index (χ2v) is 9.23. The van der Waals surface area contributed by atoms with Crippen molar-refractivity contribution in [3.8, 4) is 23.0 Å². The molecule has 0 saturated carbocycles. The molecule has 2 unspecified atom stereocenters. The van der Waals surface area contributed by atoms with Gasteiger partial charge in [0.15, 0.2) is 35.1 Å². The first-order valence-electron chi connectivity index (χ1n) is 11.0. The molecule has 1 heterocycles. The van der Waals surface area contributed by atoms with Gasteiger partial charge in [-0.25, -0.2) is 0 Å². The molecular formula is C26H28IO7P. The summed E-state index contributed by atoms with van der Waals surface area (Å²) in [5.74, 6) is 1.87. The summed E-state index contributed by atoms with van der Waals surface area (Å²) in [6.07, 6.45) is 9.99. The third-order valence-electron chi connectivity index (χ3n) is 5.10. The van der Waals surface area contributed by atoms with Gasteiger partial charge in [0.05, 0.1) is 20.8 Å². The van der Waals surface area contributed by atoms with Crippen molar-refractivity contribution in [1.82, 2.24) is 0 Å². The first-order valence-corrected chi connectivity index (χ1v) is 15.0. The monoisotopic (exact) mass is 610 g/mol. The minimum Gasteiger partial charge on any atom is -0.508 e. The van der Waals surface area contributed by atoms with Crippen molar-refractivity contribution in [2.75, 3.05) is 20.8 Å². The molecule has 0 spiro atoms. The molecule has 0 bridgehead atoms. The van der Waals surface area contributed by atoms with Gasteiger partial charge in [-0.15, -0.1) is 0 Å². The van der Waals surface area contributed by atoms with E-state index in [9.17, 15) is 9.90 Å². The molecule has 2 aromatic carbocycles. The molecule has 9 heteroatoms. The number of rotatable bonds is 11. The summed E-state index contributed by atoms with van der Waals surface area (Å²) in [4.78, 5) is 12.3. The number of carbonyl (C=O) groups is 1. The Labute approximate surface area is 220 Å². The number of hydrogen-bond acceptors (Lipinski definition) is 7. The van der Waals surface area contributed by atoms with Crippen molar-refractivity contribution in [1.29, 1.82) is 0 Å². The van der Waals surface area contributed by atoms with Gasteiger partial charge in [0.2, 0.25) is 0 Å². The standard InChI is InChI=1S/C26H28IO7P/c1-30-24-15-18(8-12-22(24)33-26-5-3-4-14-32-26)6-10-20(28)17-21(29)11-7-19-9-13-23(34-35-27)25(16-19)31-2/h6-13,15-17,26,29,35H,3-5,14H2,1-2H3/b10-6+,11-7+,21-17-. The van der Waals surface area contributed by atoms with Crippen molar-refractivity contribution in [2.45, 2.75) is 25.6 Å². The third kappa shape index (κ3) is 8.56. The lowest BCUT2D eigenvalue weighted by atomic mass is 10.1. The number of aliphatic hydroxyl groups excluding tert-OH is 1. The molecule has 0 radical (unpaired) electrons. The molecule has 1 aliphatic heterocycles. The van der Waals surface area contributed by atoms with Gasteiger partial charge in [-0.05, 0) is 82.4 Å². The normalized spacial score (nSPS) is 16.8. The highest BCUT2D eigenvalue weighted by atomic mass is 127. The minimum absolute atomic E-state index is 0.165. The predicted molar refractivity (Wildman–Crippen MR) is 147 cm³/mol. The zero-order valence-electron chi connectivity index (χ0n) is 19.5. The van der Waals surface area contributed by atoms with Crippen molar-refractivity contribution in [3.05, 3.63) is 71.5 Å². The van der Waals surface area contributed by atoms with E-state index in [1.165, 1.54) is 12.2 Å². The van der Waals surface area contributed by atoms with Crippen LogP contribution in [0, 0.1) is 0 Å². The molecule has 2 atom stereocenters. The van der Waals surface area contributed by atoms with Crippen LogP contribution in [0.15, 0.2) is 60.4 Å². The number of aliphatic hydroxyl groups is 1. The van der Waals surface area contributed by atoms with Gasteiger partial charge in [0, 0.05) is 12.5 Å². The molecule has 1 saturated heterocycles. The van der Waals surface area contributed by atoms with Crippen molar-refractivity contribution < 1.29 is 33.4 Å². The SMILES string of the molecule is COc1cc(/C=C/C(O)=C/C(=O)/C=C/c2ccc(OC3CCCCO3)c(OC)c2)ccc1OPI. The maximum atomic E-state index is 12.3. The molecule has 0 aromatic heterocycles. The highest BCUT2D eigenvalue weighted by Gasteiger charge is 2.17. The van der Waals surface area contributed by atoms with Crippen molar-refractivity contribution in [2.24, 2.45) is 0 Å². The predicted octanol–water partition coefficient (Wildman–Crippen LogP) is 6.67. The number of methoxy groups -OCH3 is 2. The summed E-state index contributed by atoms with van der Waals surface area (Å²) in [5.41, 5.74) is 1.55. The fourth-order valence-corrected chi connectivity index (χ4v) is 4.31. The Morgan fingerprint density at radius 2 is 1.66 bits per heavy atom. The van der Waals surface area contributed by atoms with E-state index in [2.05, 4.69) is 22.0 Å². The zero-order valence-corrected chi connectivity index (χ0v) is 22.7. The number of allylic oxidation sites excluding steroid dienone is 3. The van der Waals surface area contributed by atoms with Crippen molar-refractivity contribution in [3.63, 3.8) is 0 Å². The van der Waals surface area contributed by atoms with Crippen molar-refractivity contribution >= 4 is 46.4 Å². The van der Waals surface area contributed by atoms with Gasteiger partial charge in [-0.1, -0.05) is 24.3 Å². The Hall–Kier alpha value is -2.55. The van der Waals surface area contributed by atoms with Crippen LogP contribution in [0.4, 0.5) is 0 Å². The van der Waals surface area contributed by atoms with Crippen LogP contribution in [0.2, 0.25) is 0 Å². The summed E-state index contributed by atoms with van der Waals surface area (Å²) in [5, 5.41) is 10.1. The molecule has 186 valence electrons. The first-order chi connectivity index (χ1) is 17.0. The molecule has 3 rings (SSSR count). The summed E-state index contributed by atoms with van der Waals surface area (Å²) in [7, 11) is 3.13.